The molecule has 20 heavy (non-hydrogen) atoms. The average Bonchev–Trinajstić information content (AvgIpc) is 2.95. The van der Waals surface area contributed by atoms with Gasteiger partial charge in [-0.1, -0.05) is 17.7 Å². The number of halogens is 1. The van der Waals surface area contributed by atoms with Crippen LogP contribution in [0.5, 0.6) is 0 Å². The minimum absolute atomic E-state index is 0.563. The summed E-state index contributed by atoms with van der Waals surface area (Å²) in [6, 6.07) is 8.40. The monoisotopic (exact) mass is 288 g/mol. The number of nitrogens with zero attached hydrogens (tertiary/aromatic N) is 3. The Morgan fingerprint density at radius 3 is 2.75 bits per heavy atom. The predicted octanol–water partition coefficient (Wildman–Crippen LogP) is 2.84. The molecule has 2 aromatic heterocycles. The summed E-state index contributed by atoms with van der Waals surface area (Å²) in [6.07, 6.45) is 2.07. The summed E-state index contributed by atoms with van der Waals surface area (Å²) in [5.41, 5.74) is 9.88. The molecule has 4 nitrogen and oxygen atoms in total. The maximum absolute atomic E-state index is 6.32. The second kappa shape index (κ2) is 4.96. The lowest BCUT2D eigenvalue weighted by molar-refractivity contribution is 0.673. The molecule has 1 aromatic carbocycles. The SMILES string of the molecule is Cc1nn(C)c(Cn2ccc3cc(CN)ccc32)c1Cl. The van der Waals surface area contributed by atoms with Gasteiger partial charge in [-0.3, -0.25) is 4.68 Å². The van der Waals surface area contributed by atoms with Crippen LogP contribution < -0.4 is 5.73 Å². The van der Waals surface area contributed by atoms with Crippen molar-refractivity contribution in [3.63, 3.8) is 0 Å². The predicted molar refractivity (Wildman–Crippen MR) is 81.9 cm³/mol. The second-order valence-corrected chi connectivity index (χ2v) is 5.39. The zero-order valence-corrected chi connectivity index (χ0v) is 12.4. The molecule has 0 atom stereocenters. The zero-order chi connectivity index (χ0) is 14.3. The number of rotatable bonds is 3. The topological polar surface area (TPSA) is 48.8 Å². The van der Waals surface area contributed by atoms with Gasteiger partial charge >= 0.3 is 0 Å². The lowest BCUT2D eigenvalue weighted by Gasteiger charge is -2.07. The van der Waals surface area contributed by atoms with Crippen molar-refractivity contribution >= 4 is 22.5 Å². The standard InChI is InChI=1S/C15H17ClN4/c1-10-15(16)14(19(2)18-10)9-20-6-5-12-7-11(8-17)3-4-13(12)20/h3-7H,8-9,17H2,1-2H3. The van der Waals surface area contributed by atoms with Crippen molar-refractivity contribution in [2.75, 3.05) is 0 Å². The summed E-state index contributed by atoms with van der Waals surface area (Å²) < 4.78 is 4.02. The summed E-state index contributed by atoms with van der Waals surface area (Å²) >= 11 is 6.32. The van der Waals surface area contributed by atoms with Gasteiger partial charge in [0.05, 0.1) is 23.0 Å². The van der Waals surface area contributed by atoms with Crippen LogP contribution in [0.3, 0.4) is 0 Å². The van der Waals surface area contributed by atoms with Gasteiger partial charge in [0.15, 0.2) is 0 Å². The summed E-state index contributed by atoms with van der Waals surface area (Å²) in [4.78, 5) is 0. The molecule has 0 unspecified atom stereocenters. The van der Waals surface area contributed by atoms with E-state index in [1.54, 1.807) is 0 Å². The van der Waals surface area contributed by atoms with Gasteiger partial charge < -0.3 is 10.3 Å². The molecule has 0 aliphatic carbocycles. The van der Waals surface area contributed by atoms with Crippen LogP contribution in [0.4, 0.5) is 0 Å². The fraction of sp³-hybridized carbons (Fsp3) is 0.267. The van der Waals surface area contributed by atoms with E-state index in [2.05, 4.69) is 40.1 Å². The molecule has 2 heterocycles. The average molecular weight is 289 g/mol. The third-order valence-corrected chi connectivity index (χ3v) is 4.14. The quantitative estimate of drug-likeness (QED) is 0.806. The van der Waals surface area contributed by atoms with Gasteiger partial charge in [-0.2, -0.15) is 5.10 Å². The first-order valence-corrected chi connectivity index (χ1v) is 6.93. The highest BCUT2D eigenvalue weighted by atomic mass is 35.5. The van der Waals surface area contributed by atoms with Crippen molar-refractivity contribution in [1.29, 1.82) is 0 Å². The Bertz CT molecular complexity index is 770. The van der Waals surface area contributed by atoms with Gasteiger partial charge in [-0.25, -0.2) is 0 Å². The largest absolute Gasteiger partial charge is 0.341 e. The van der Waals surface area contributed by atoms with Gasteiger partial charge in [0.2, 0.25) is 0 Å². The molecule has 0 aliphatic rings. The van der Waals surface area contributed by atoms with E-state index in [1.165, 1.54) is 10.9 Å². The van der Waals surface area contributed by atoms with Crippen LogP contribution in [0.1, 0.15) is 17.0 Å². The maximum atomic E-state index is 6.32. The first kappa shape index (κ1) is 13.2. The molecule has 0 fully saturated rings. The van der Waals surface area contributed by atoms with E-state index in [4.69, 9.17) is 17.3 Å². The third-order valence-electron chi connectivity index (χ3n) is 3.65. The second-order valence-electron chi connectivity index (χ2n) is 5.01. The number of fused-ring (bicyclic) bond motifs is 1. The van der Waals surface area contributed by atoms with Crippen molar-refractivity contribution in [1.82, 2.24) is 14.3 Å². The number of nitrogens with two attached hydrogens (primary N) is 1. The first-order valence-electron chi connectivity index (χ1n) is 6.56. The molecule has 3 aromatic rings. The van der Waals surface area contributed by atoms with Crippen LogP contribution >= 0.6 is 11.6 Å². The van der Waals surface area contributed by atoms with Crippen molar-refractivity contribution in [3.8, 4) is 0 Å². The number of benzene rings is 1. The van der Waals surface area contributed by atoms with Crippen LogP contribution in [0.15, 0.2) is 30.5 Å². The van der Waals surface area contributed by atoms with Gasteiger partial charge in [-0.05, 0) is 36.1 Å². The van der Waals surface area contributed by atoms with Gasteiger partial charge in [-0.15, -0.1) is 0 Å². The van der Waals surface area contributed by atoms with Crippen molar-refractivity contribution in [3.05, 3.63) is 52.4 Å². The van der Waals surface area contributed by atoms with Crippen molar-refractivity contribution < 1.29 is 0 Å². The highest BCUT2D eigenvalue weighted by Crippen LogP contribution is 2.23. The number of aryl methyl sites for hydroxylation is 2. The summed E-state index contributed by atoms with van der Waals surface area (Å²) in [5.74, 6) is 0. The summed E-state index contributed by atoms with van der Waals surface area (Å²) in [6.45, 7) is 3.20. The molecule has 3 rings (SSSR count). The third kappa shape index (κ3) is 2.11. The molecule has 0 saturated heterocycles. The van der Waals surface area contributed by atoms with E-state index in [0.29, 0.717) is 13.1 Å². The van der Waals surface area contributed by atoms with Gasteiger partial charge in [0.25, 0.3) is 0 Å². The summed E-state index contributed by atoms with van der Waals surface area (Å²) in [7, 11) is 1.92. The van der Waals surface area contributed by atoms with Gasteiger partial charge in [0, 0.05) is 25.3 Å². The maximum Gasteiger partial charge on any atom is 0.0865 e. The minimum Gasteiger partial charge on any atom is -0.341 e. The van der Waals surface area contributed by atoms with E-state index >= 15 is 0 Å². The molecule has 0 aliphatic heterocycles. The van der Waals surface area contributed by atoms with Crippen LogP contribution in [0.25, 0.3) is 10.9 Å². The number of aromatic nitrogens is 3. The summed E-state index contributed by atoms with van der Waals surface area (Å²) in [5, 5.41) is 6.29. The smallest absolute Gasteiger partial charge is 0.0865 e. The van der Waals surface area contributed by atoms with E-state index < -0.39 is 0 Å². The molecule has 2 N–H and O–H groups in total. The Hall–Kier alpha value is -1.78. The van der Waals surface area contributed by atoms with Crippen LogP contribution in [-0.4, -0.2) is 14.3 Å². The molecule has 0 amide bonds. The molecule has 104 valence electrons. The first-order chi connectivity index (χ1) is 9.60. The number of hydrogen-bond donors (Lipinski definition) is 1. The molecular formula is C15H17ClN4. The van der Waals surface area contributed by atoms with E-state index in [9.17, 15) is 0 Å². The van der Waals surface area contributed by atoms with Crippen LogP contribution in [0, 0.1) is 6.92 Å². The molecule has 0 saturated carbocycles. The van der Waals surface area contributed by atoms with E-state index in [-0.39, 0.29) is 0 Å². The normalized spacial score (nSPS) is 11.4. The Balaban J connectivity index is 2.03. The fourth-order valence-electron chi connectivity index (χ4n) is 2.53. The molecular weight excluding hydrogens is 272 g/mol. The van der Waals surface area contributed by atoms with E-state index in [0.717, 1.165) is 22.0 Å². The molecule has 5 heteroatoms. The zero-order valence-electron chi connectivity index (χ0n) is 11.6. The highest BCUT2D eigenvalue weighted by Gasteiger charge is 2.12. The molecule has 0 bridgehead atoms. The van der Waals surface area contributed by atoms with Gasteiger partial charge in [0.1, 0.15) is 0 Å². The fourth-order valence-corrected chi connectivity index (χ4v) is 2.75. The molecule has 0 spiro atoms. The highest BCUT2D eigenvalue weighted by molar-refractivity contribution is 6.31. The van der Waals surface area contributed by atoms with Crippen LogP contribution in [0.2, 0.25) is 5.02 Å². The Labute approximate surface area is 122 Å². The minimum atomic E-state index is 0.563. The Morgan fingerprint density at radius 1 is 1.30 bits per heavy atom. The Kier molecular flexibility index (Phi) is 3.28. The van der Waals surface area contributed by atoms with Crippen LogP contribution in [-0.2, 0) is 20.1 Å². The lowest BCUT2D eigenvalue weighted by atomic mass is 10.1. The van der Waals surface area contributed by atoms with E-state index in [1.807, 2.05) is 18.7 Å². The van der Waals surface area contributed by atoms with Crippen molar-refractivity contribution in [2.24, 2.45) is 12.8 Å². The number of hydrogen-bond acceptors (Lipinski definition) is 2. The Morgan fingerprint density at radius 2 is 2.10 bits per heavy atom. The molecule has 0 radical (unpaired) electrons. The van der Waals surface area contributed by atoms with Crippen molar-refractivity contribution in [2.45, 2.75) is 20.0 Å². The lowest BCUT2D eigenvalue weighted by Crippen LogP contribution is -2.05.